The van der Waals surface area contributed by atoms with E-state index < -0.39 is 5.60 Å². The molecule has 0 saturated heterocycles. The molecular weight excluding hydrogens is 216 g/mol. The van der Waals surface area contributed by atoms with Crippen LogP contribution in [0.4, 0.5) is 0 Å². The molecule has 2 atom stereocenters. The minimum Gasteiger partial charge on any atom is -0.388 e. The van der Waals surface area contributed by atoms with E-state index >= 15 is 0 Å². The summed E-state index contributed by atoms with van der Waals surface area (Å²) in [6, 6.07) is 0.344. The molecule has 0 fully saturated rings. The molecule has 102 valence electrons. The van der Waals surface area contributed by atoms with Crippen LogP contribution >= 0.6 is 0 Å². The zero-order chi connectivity index (χ0) is 13.5. The zero-order valence-electron chi connectivity index (χ0n) is 11.8. The predicted molar refractivity (Wildman–Crippen MR) is 70.8 cm³/mol. The maximum Gasteiger partial charge on any atom is 0.234 e. The first-order chi connectivity index (χ1) is 7.76. The van der Waals surface area contributed by atoms with Crippen molar-refractivity contribution in [1.82, 2.24) is 10.6 Å². The number of amides is 1. The maximum atomic E-state index is 11.5. The topological polar surface area (TPSA) is 61.4 Å². The van der Waals surface area contributed by atoms with Gasteiger partial charge < -0.3 is 15.7 Å². The van der Waals surface area contributed by atoms with Crippen LogP contribution < -0.4 is 10.6 Å². The van der Waals surface area contributed by atoms with Crippen molar-refractivity contribution in [2.45, 2.75) is 59.1 Å². The summed E-state index contributed by atoms with van der Waals surface area (Å²) in [5, 5.41) is 15.9. The van der Waals surface area contributed by atoms with E-state index in [-0.39, 0.29) is 5.91 Å². The van der Waals surface area contributed by atoms with Crippen molar-refractivity contribution < 1.29 is 9.90 Å². The fourth-order valence-corrected chi connectivity index (χ4v) is 1.71. The van der Waals surface area contributed by atoms with E-state index in [1.165, 1.54) is 0 Å². The van der Waals surface area contributed by atoms with Gasteiger partial charge in [-0.2, -0.15) is 0 Å². The minimum absolute atomic E-state index is 0.0608. The molecule has 0 aliphatic rings. The second-order valence-electron chi connectivity index (χ2n) is 5.56. The normalized spacial score (nSPS) is 16.6. The Bertz CT molecular complexity index is 227. The molecule has 4 nitrogen and oxygen atoms in total. The van der Waals surface area contributed by atoms with Crippen LogP contribution in [-0.2, 0) is 4.79 Å². The lowest BCUT2D eigenvalue weighted by molar-refractivity contribution is -0.121. The largest absolute Gasteiger partial charge is 0.388 e. The van der Waals surface area contributed by atoms with Gasteiger partial charge in [-0.1, -0.05) is 20.8 Å². The molecule has 0 bridgehead atoms. The molecule has 0 aromatic rings. The van der Waals surface area contributed by atoms with Crippen molar-refractivity contribution in [2.75, 3.05) is 13.1 Å². The minimum atomic E-state index is -0.819. The third-order valence-electron chi connectivity index (χ3n) is 2.74. The molecule has 4 heteroatoms. The molecule has 0 saturated carbocycles. The molecule has 0 heterocycles. The summed E-state index contributed by atoms with van der Waals surface area (Å²) in [5.74, 6) is 0.356. The Kier molecular flexibility index (Phi) is 7.39. The van der Waals surface area contributed by atoms with Crippen molar-refractivity contribution in [2.24, 2.45) is 5.92 Å². The lowest BCUT2D eigenvalue weighted by Gasteiger charge is -2.25. The quantitative estimate of drug-likeness (QED) is 0.603. The summed E-state index contributed by atoms with van der Waals surface area (Å²) >= 11 is 0. The molecule has 0 aliphatic carbocycles. The first-order valence-electron chi connectivity index (χ1n) is 6.49. The zero-order valence-corrected chi connectivity index (χ0v) is 11.8. The lowest BCUT2D eigenvalue weighted by atomic mass is 9.94. The van der Waals surface area contributed by atoms with Gasteiger partial charge in [-0.15, -0.1) is 0 Å². The average Bonchev–Trinajstić information content (AvgIpc) is 2.21. The van der Waals surface area contributed by atoms with E-state index in [0.29, 0.717) is 31.5 Å². The average molecular weight is 244 g/mol. The predicted octanol–water partition coefficient (Wildman–Crippen LogP) is 1.29. The molecule has 0 rings (SSSR count). The molecule has 0 radical (unpaired) electrons. The number of hydrogen-bond acceptors (Lipinski definition) is 3. The molecule has 3 N–H and O–H groups in total. The Hall–Kier alpha value is -0.610. The highest BCUT2D eigenvalue weighted by Gasteiger charge is 2.22. The lowest BCUT2D eigenvalue weighted by Crippen LogP contribution is -2.45. The summed E-state index contributed by atoms with van der Waals surface area (Å²) < 4.78 is 0. The van der Waals surface area contributed by atoms with Gasteiger partial charge in [0.25, 0.3) is 0 Å². The molecule has 0 aliphatic heterocycles. The van der Waals surface area contributed by atoms with Crippen LogP contribution in [0.5, 0.6) is 0 Å². The van der Waals surface area contributed by atoms with Gasteiger partial charge in [0.15, 0.2) is 0 Å². The van der Waals surface area contributed by atoms with Gasteiger partial charge in [0.05, 0.1) is 12.1 Å². The third-order valence-corrected chi connectivity index (χ3v) is 2.74. The standard InChI is InChI=1S/C13H28N2O2/c1-6-11(4)14-8-12(16)15-9-13(5,17)7-10(2)3/h10-11,14,17H,6-9H2,1-5H3,(H,15,16). The van der Waals surface area contributed by atoms with E-state index in [9.17, 15) is 9.90 Å². The highest BCUT2D eigenvalue weighted by molar-refractivity contribution is 5.78. The Balaban J connectivity index is 3.83. The van der Waals surface area contributed by atoms with Gasteiger partial charge in [-0.3, -0.25) is 4.79 Å². The Morgan fingerprint density at radius 3 is 2.41 bits per heavy atom. The van der Waals surface area contributed by atoms with Gasteiger partial charge in [0.2, 0.25) is 5.91 Å². The third kappa shape index (κ3) is 9.12. The Morgan fingerprint density at radius 1 is 1.35 bits per heavy atom. The van der Waals surface area contributed by atoms with Crippen LogP contribution in [0.25, 0.3) is 0 Å². The van der Waals surface area contributed by atoms with Gasteiger partial charge in [-0.25, -0.2) is 0 Å². The number of hydrogen-bond donors (Lipinski definition) is 3. The van der Waals surface area contributed by atoms with Crippen molar-refractivity contribution in [3.8, 4) is 0 Å². The smallest absolute Gasteiger partial charge is 0.234 e. The molecule has 0 aromatic heterocycles. The number of aliphatic hydroxyl groups is 1. The number of carbonyl (C=O) groups is 1. The van der Waals surface area contributed by atoms with E-state index in [1.807, 2.05) is 6.92 Å². The van der Waals surface area contributed by atoms with Gasteiger partial charge in [0.1, 0.15) is 0 Å². The summed E-state index contributed by atoms with van der Waals surface area (Å²) in [6.07, 6.45) is 1.68. The van der Waals surface area contributed by atoms with Crippen LogP contribution in [0.3, 0.4) is 0 Å². The Morgan fingerprint density at radius 2 is 1.94 bits per heavy atom. The van der Waals surface area contributed by atoms with Gasteiger partial charge >= 0.3 is 0 Å². The summed E-state index contributed by atoms with van der Waals surface area (Å²) in [4.78, 5) is 11.5. The molecule has 1 amide bonds. The van der Waals surface area contributed by atoms with Gasteiger partial charge in [0, 0.05) is 12.6 Å². The molecule has 0 spiro atoms. The fourth-order valence-electron chi connectivity index (χ4n) is 1.71. The van der Waals surface area contributed by atoms with Crippen LogP contribution in [0.2, 0.25) is 0 Å². The number of nitrogens with one attached hydrogen (secondary N) is 2. The van der Waals surface area contributed by atoms with E-state index in [2.05, 4.69) is 31.4 Å². The first kappa shape index (κ1) is 16.4. The summed E-state index contributed by atoms with van der Waals surface area (Å²) in [5.41, 5.74) is -0.819. The number of carbonyl (C=O) groups excluding carboxylic acids is 1. The Labute approximate surface area is 105 Å². The van der Waals surface area contributed by atoms with E-state index in [0.717, 1.165) is 6.42 Å². The maximum absolute atomic E-state index is 11.5. The fraction of sp³-hybridized carbons (Fsp3) is 0.923. The molecular formula is C13H28N2O2. The number of rotatable bonds is 8. The van der Waals surface area contributed by atoms with Crippen molar-refractivity contribution >= 4 is 5.91 Å². The van der Waals surface area contributed by atoms with Crippen LogP contribution in [0.1, 0.15) is 47.5 Å². The van der Waals surface area contributed by atoms with Crippen molar-refractivity contribution in [3.63, 3.8) is 0 Å². The van der Waals surface area contributed by atoms with Crippen LogP contribution in [0, 0.1) is 5.92 Å². The van der Waals surface area contributed by atoms with Crippen LogP contribution in [-0.4, -0.2) is 35.7 Å². The SMILES string of the molecule is CCC(C)NCC(=O)NCC(C)(O)CC(C)C. The molecule has 0 aromatic carbocycles. The summed E-state index contributed by atoms with van der Waals surface area (Å²) in [6.45, 7) is 10.6. The monoisotopic (exact) mass is 244 g/mol. The van der Waals surface area contributed by atoms with Crippen molar-refractivity contribution in [3.05, 3.63) is 0 Å². The second-order valence-corrected chi connectivity index (χ2v) is 5.56. The first-order valence-corrected chi connectivity index (χ1v) is 6.49. The second kappa shape index (κ2) is 7.67. The highest BCUT2D eigenvalue weighted by atomic mass is 16.3. The van der Waals surface area contributed by atoms with Gasteiger partial charge in [-0.05, 0) is 32.6 Å². The summed E-state index contributed by atoms with van der Waals surface area (Å²) in [7, 11) is 0. The molecule has 17 heavy (non-hydrogen) atoms. The molecule has 2 unspecified atom stereocenters. The van der Waals surface area contributed by atoms with E-state index in [1.54, 1.807) is 6.92 Å². The highest BCUT2D eigenvalue weighted by Crippen LogP contribution is 2.14. The van der Waals surface area contributed by atoms with E-state index in [4.69, 9.17) is 0 Å². The van der Waals surface area contributed by atoms with Crippen LogP contribution in [0.15, 0.2) is 0 Å². The van der Waals surface area contributed by atoms with Crippen molar-refractivity contribution in [1.29, 1.82) is 0 Å².